The quantitative estimate of drug-likeness (QED) is 0.855. The average molecular weight is 283 g/mol. The summed E-state index contributed by atoms with van der Waals surface area (Å²) in [5, 5.41) is 8.55. The fourth-order valence-corrected chi connectivity index (χ4v) is 2.05. The van der Waals surface area contributed by atoms with Crippen LogP contribution in [0.4, 0.5) is 0 Å². The first kappa shape index (κ1) is 14.8. The van der Waals surface area contributed by atoms with Gasteiger partial charge in [0.2, 0.25) is 0 Å². The number of nitrogens with zero attached hydrogens (tertiary/aromatic N) is 1. The average Bonchev–Trinajstić information content (AvgIpc) is 2.43. The van der Waals surface area contributed by atoms with Crippen LogP contribution < -0.4 is 4.74 Å². The number of carboxylic acids is 1. The molecule has 2 rings (SSSR count). The molecule has 0 radical (unpaired) electrons. The van der Waals surface area contributed by atoms with E-state index in [9.17, 15) is 4.79 Å². The van der Waals surface area contributed by atoms with Crippen molar-refractivity contribution in [2.75, 3.05) is 0 Å². The lowest BCUT2D eigenvalue weighted by atomic mass is 10.1. The number of aliphatic carboxylic acids is 1. The molecule has 1 aromatic heterocycles. The summed E-state index contributed by atoms with van der Waals surface area (Å²) in [6, 6.07) is 9.79. The number of carboxylic acid groups (broad SMARTS) is 1. The minimum Gasteiger partial charge on any atom is -0.487 e. The molecule has 0 fully saturated rings. The molecular weight excluding hydrogens is 266 g/mol. The molecule has 21 heavy (non-hydrogen) atoms. The third-order valence-corrected chi connectivity index (χ3v) is 2.84. The van der Waals surface area contributed by atoms with Crippen LogP contribution in [0.25, 0.3) is 6.08 Å². The minimum atomic E-state index is -0.994. The van der Waals surface area contributed by atoms with E-state index in [4.69, 9.17) is 9.84 Å². The molecule has 0 atom stereocenters. The molecule has 0 aliphatic carbocycles. The van der Waals surface area contributed by atoms with E-state index in [2.05, 4.69) is 37.0 Å². The normalized spacial score (nSPS) is 10.8. The summed E-state index contributed by atoms with van der Waals surface area (Å²) in [6.07, 6.45) is 4.08. The zero-order chi connectivity index (χ0) is 15.2. The molecular formula is C17H17NO3. The summed E-state index contributed by atoms with van der Waals surface area (Å²) in [4.78, 5) is 14.5. The van der Waals surface area contributed by atoms with Crippen LogP contribution in [0.2, 0.25) is 0 Å². The number of ether oxygens (including phenoxy) is 1. The van der Waals surface area contributed by atoms with Crippen LogP contribution in [0.1, 0.15) is 22.4 Å². The highest BCUT2D eigenvalue weighted by Gasteiger charge is 1.99. The van der Waals surface area contributed by atoms with Crippen molar-refractivity contribution in [3.8, 4) is 5.75 Å². The van der Waals surface area contributed by atoms with Crippen molar-refractivity contribution in [2.45, 2.75) is 20.5 Å². The fourth-order valence-electron chi connectivity index (χ4n) is 2.05. The number of rotatable bonds is 5. The number of hydrogen-bond acceptors (Lipinski definition) is 3. The Morgan fingerprint density at radius 3 is 2.52 bits per heavy atom. The SMILES string of the molecule is Cc1cc(C)cc(COc2ccc(C=CC(=O)O)nc2)c1. The lowest BCUT2D eigenvalue weighted by Gasteiger charge is -2.08. The summed E-state index contributed by atoms with van der Waals surface area (Å²) >= 11 is 0. The number of hydrogen-bond donors (Lipinski definition) is 1. The van der Waals surface area contributed by atoms with Gasteiger partial charge in [-0.1, -0.05) is 29.3 Å². The van der Waals surface area contributed by atoms with Crippen LogP contribution in [0, 0.1) is 13.8 Å². The zero-order valence-corrected chi connectivity index (χ0v) is 12.0. The summed E-state index contributed by atoms with van der Waals surface area (Å²) < 4.78 is 5.68. The van der Waals surface area contributed by atoms with Gasteiger partial charge in [0, 0.05) is 6.08 Å². The molecule has 0 unspecified atom stereocenters. The van der Waals surface area contributed by atoms with Crippen molar-refractivity contribution in [1.82, 2.24) is 4.98 Å². The van der Waals surface area contributed by atoms with Gasteiger partial charge in [0.25, 0.3) is 0 Å². The first-order valence-corrected chi connectivity index (χ1v) is 6.60. The van der Waals surface area contributed by atoms with E-state index in [1.54, 1.807) is 18.3 Å². The Bertz CT molecular complexity index is 640. The minimum absolute atomic E-state index is 0.481. The molecule has 0 aliphatic heterocycles. The summed E-state index contributed by atoms with van der Waals surface area (Å²) in [5.74, 6) is -0.339. The van der Waals surface area contributed by atoms with E-state index >= 15 is 0 Å². The molecule has 0 saturated heterocycles. The highest BCUT2D eigenvalue weighted by atomic mass is 16.5. The largest absolute Gasteiger partial charge is 0.487 e. The van der Waals surface area contributed by atoms with Gasteiger partial charge in [0.05, 0.1) is 11.9 Å². The first-order valence-electron chi connectivity index (χ1n) is 6.60. The molecule has 108 valence electrons. The van der Waals surface area contributed by atoms with Gasteiger partial charge in [0.15, 0.2) is 0 Å². The Kier molecular flexibility index (Phi) is 4.72. The molecule has 4 nitrogen and oxygen atoms in total. The third kappa shape index (κ3) is 4.76. The second kappa shape index (κ2) is 6.70. The van der Waals surface area contributed by atoms with Crippen molar-refractivity contribution < 1.29 is 14.6 Å². The van der Waals surface area contributed by atoms with Gasteiger partial charge >= 0.3 is 5.97 Å². The lowest BCUT2D eigenvalue weighted by Crippen LogP contribution is -1.97. The smallest absolute Gasteiger partial charge is 0.328 e. The Morgan fingerprint density at radius 1 is 1.24 bits per heavy atom. The Balaban J connectivity index is 1.99. The monoisotopic (exact) mass is 283 g/mol. The predicted octanol–water partition coefficient (Wildman–Crippen LogP) is 3.38. The van der Waals surface area contributed by atoms with Gasteiger partial charge in [-0.2, -0.15) is 0 Å². The van der Waals surface area contributed by atoms with Crippen LogP contribution in [-0.2, 0) is 11.4 Å². The maximum atomic E-state index is 10.4. The van der Waals surface area contributed by atoms with Crippen molar-refractivity contribution in [1.29, 1.82) is 0 Å². The summed E-state index contributed by atoms with van der Waals surface area (Å²) in [5.41, 5.74) is 4.11. The van der Waals surface area contributed by atoms with Crippen molar-refractivity contribution in [3.05, 3.63) is 65.0 Å². The van der Waals surface area contributed by atoms with E-state index < -0.39 is 5.97 Å². The van der Waals surface area contributed by atoms with E-state index in [1.165, 1.54) is 17.2 Å². The van der Waals surface area contributed by atoms with Gasteiger partial charge in [-0.25, -0.2) is 4.79 Å². The predicted molar refractivity (Wildman–Crippen MR) is 81.2 cm³/mol. The van der Waals surface area contributed by atoms with Crippen LogP contribution in [0.3, 0.4) is 0 Å². The van der Waals surface area contributed by atoms with Gasteiger partial charge in [-0.15, -0.1) is 0 Å². The van der Waals surface area contributed by atoms with Crippen LogP contribution >= 0.6 is 0 Å². The topological polar surface area (TPSA) is 59.4 Å². The van der Waals surface area contributed by atoms with E-state index in [-0.39, 0.29) is 0 Å². The molecule has 0 aliphatic rings. The van der Waals surface area contributed by atoms with Gasteiger partial charge in [0.1, 0.15) is 12.4 Å². The number of aryl methyl sites for hydroxylation is 2. The van der Waals surface area contributed by atoms with E-state index in [1.807, 2.05) is 0 Å². The molecule has 0 amide bonds. The summed E-state index contributed by atoms with van der Waals surface area (Å²) in [6.45, 7) is 4.60. The molecule has 1 aromatic carbocycles. The number of pyridine rings is 1. The van der Waals surface area contributed by atoms with E-state index in [0.717, 1.165) is 11.6 Å². The fraction of sp³-hybridized carbons (Fsp3) is 0.176. The number of aromatic nitrogens is 1. The van der Waals surface area contributed by atoms with Crippen molar-refractivity contribution >= 4 is 12.0 Å². The highest BCUT2D eigenvalue weighted by molar-refractivity contribution is 5.84. The summed E-state index contributed by atoms with van der Waals surface area (Å²) in [7, 11) is 0. The van der Waals surface area contributed by atoms with Gasteiger partial charge < -0.3 is 9.84 Å². The molecule has 1 heterocycles. The Labute approximate surface area is 123 Å². The number of carbonyl (C=O) groups is 1. The second-order valence-corrected chi connectivity index (χ2v) is 4.87. The van der Waals surface area contributed by atoms with Gasteiger partial charge in [-0.3, -0.25) is 4.98 Å². The Morgan fingerprint density at radius 2 is 1.95 bits per heavy atom. The maximum Gasteiger partial charge on any atom is 0.328 e. The van der Waals surface area contributed by atoms with Gasteiger partial charge in [-0.05, 0) is 37.6 Å². The Hall–Kier alpha value is -2.62. The van der Waals surface area contributed by atoms with Crippen LogP contribution in [-0.4, -0.2) is 16.1 Å². The molecule has 2 aromatic rings. The van der Waals surface area contributed by atoms with Crippen molar-refractivity contribution in [2.24, 2.45) is 0 Å². The molecule has 0 bridgehead atoms. The number of benzene rings is 1. The molecule has 0 spiro atoms. The van der Waals surface area contributed by atoms with E-state index in [0.29, 0.717) is 18.1 Å². The highest BCUT2D eigenvalue weighted by Crippen LogP contribution is 2.14. The second-order valence-electron chi connectivity index (χ2n) is 4.87. The molecule has 0 saturated carbocycles. The zero-order valence-electron chi connectivity index (χ0n) is 12.0. The van der Waals surface area contributed by atoms with Crippen LogP contribution in [0.15, 0.2) is 42.6 Å². The van der Waals surface area contributed by atoms with Crippen LogP contribution in [0.5, 0.6) is 5.75 Å². The molecule has 1 N–H and O–H groups in total. The first-order chi connectivity index (χ1) is 10.0. The molecule has 4 heteroatoms. The van der Waals surface area contributed by atoms with Crippen molar-refractivity contribution in [3.63, 3.8) is 0 Å². The standard InChI is InChI=1S/C17H17NO3/c1-12-7-13(2)9-14(8-12)11-21-16-5-3-15(18-10-16)4-6-17(19)20/h3-10H,11H2,1-2H3,(H,19,20). The third-order valence-electron chi connectivity index (χ3n) is 2.84. The maximum absolute atomic E-state index is 10.4. The lowest BCUT2D eigenvalue weighted by molar-refractivity contribution is -0.131.